The van der Waals surface area contributed by atoms with E-state index >= 15 is 0 Å². The molecule has 0 unspecified atom stereocenters. The van der Waals surface area contributed by atoms with Crippen LogP contribution in [0.25, 0.3) is 0 Å². The summed E-state index contributed by atoms with van der Waals surface area (Å²) < 4.78 is 5.49. The Labute approximate surface area is 128 Å². The zero-order valence-corrected chi connectivity index (χ0v) is 12.7. The number of carbonyl (C=O) groups is 1. The highest BCUT2D eigenvalue weighted by Gasteiger charge is 2.31. The summed E-state index contributed by atoms with van der Waals surface area (Å²) in [5.74, 6) is 0.253. The Hall–Kier alpha value is -0.970. The van der Waals surface area contributed by atoms with Crippen LogP contribution in [0, 0.1) is 0 Å². The number of hydrogen-bond acceptors (Lipinski definition) is 3. The highest BCUT2D eigenvalue weighted by atomic mass is 35.5. The average molecular weight is 318 g/mol. The number of aliphatic hydroxyl groups is 1. The third-order valence-electron chi connectivity index (χ3n) is 3.24. The van der Waals surface area contributed by atoms with Gasteiger partial charge in [0.15, 0.2) is 6.61 Å². The molecule has 0 saturated heterocycles. The molecule has 1 N–H and O–H groups in total. The molecule has 1 aromatic rings. The Balaban J connectivity index is 2.04. The number of hydrogen-bond donors (Lipinski definition) is 1. The van der Waals surface area contributed by atoms with Gasteiger partial charge in [-0.05, 0) is 31.9 Å². The predicted octanol–water partition coefficient (Wildman–Crippen LogP) is 2.88. The smallest absolute Gasteiger partial charge is 0.260 e. The Bertz CT molecular complexity index is 503. The molecule has 1 aliphatic rings. The summed E-state index contributed by atoms with van der Waals surface area (Å²) in [5.41, 5.74) is 0.477. The first kappa shape index (κ1) is 15.4. The van der Waals surface area contributed by atoms with Gasteiger partial charge in [-0.1, -0.05) is 23.2 Å². The fraction of sp³-hybridized carbons (Fsp3) is 0.500. The van der Waals surface area contributed by atoms with Gasteiger partial charge in [0.1, 0.15) is 5.75 Å². The van der Waals surface area contributed by atoms with Crippen LogP contribution in [0.5, 0.6) is 5.75 Å². The van der Waals surface area contributed by atoms with Crippen molar-refractivity contribution in [1.82, 2.24) is 4.90 Å². The molecule has 1 amide bonds. The molecule has 20 heavy (non-hydrogen) atoms. The lowest BCUT2D eigenvalue weighted by Crippen LogP contribution is -2.36. The molecule has 4 nitrogen and oxygen atoms in total. The Morgan fingerprint density at radius 2 is 2.15 bits per heavy atom. The van der Waals surface area contributed by atoms with Gasteiger partial charge in [0, 0.05) is 23.2 Å². The molecular formula is C14H17Cl2NO3. The van der Waals surface area contributed by atoms with Crippen molar-refractivity contribution in [2.24, 2.45) is 0 Å². The number of carbonyl (C=O) groups excluding carboxylic acids is 1. The second-order valence-electron chi connectivity index (χ2n) is 4.73. The Kier molecular flexibility index (Phi) is 5.13. The maximum Gasteiger partial charge on any atom is 0.260 e. The molecule has 0 bridgehead atoms. The van der Waals surface area contributed by atoms with E-state index in [0.717, 1.165) is 12.8 Å². The van der Waals surface area contributed by atoms with E-state index in [-0.39, 0.29) is 19.1 Å². The lowest BCUT2D eigenvalue weighted by atomic mass is 10.2. The van der Waals surface area contributed by atoms with Gasteiger partial charge in [0.2, 0.25) is 0 Å². The van der Waals surface area contributed by atoms with Gasteiger partial charge in [-0.2, -0.15) is 0 Å². The van der Waals surface area contributed by atoms with Gasteiger partial charge in [0.05, 0.1) is 11.6 Å². The zero-order valence-electron chi connectivity index (χ0n) is 11.2. The number of likely N-dealkylation sites (N-methyl/N-ethyl adjacent to an activating group) is 1. The molecule has 0 aromatic heterocycles. The van der Waals surface area contributed by atoms with Crippen molar-refractivity contribution >= 4 is 29.1 Å². The number of halogens is 2. The maximum atomic E-state index is 12.1. The van der Waals surface area contributed by atoms with E-state index in [4.69, 9.17) is 27.9 Å². The van der Waals surface area contributed by atoms with Crippen LogP contribution in [-0.4, -0.2) is 35.1 Å². The second-order valence-corrected chi connectivity index (χ2v) is 5.58. The van der Waals surface area contributed by atoms with Crippen LogP contribution in [0.4, 0.5) is 0 Å². The van der Waals surface area contributed by atoms with Crippen LogP contribution in [0.1, 0.15) is 25.3 Å². The van der Waals surface area contributed by atoms with E-state index in [0.29, 0.717) is 33.9 Å². The van der Waals surface area contributed by atoms with Crippen molar-refractivity contribution in [2.75, 3.05) is 13.2 Å². The first-order chi connectivity index (χ1) is 9.56. The van der Waals surface area contributed by atoms with Crippen molar-refractivity contribution in [3.63, 3.8) is 0 Å². The summed E-state index contributed by atoms with van der Waals surface area (Å²) in [6.45, 7) is 2.29. The lowest BCUT2D eigenvalue weighted by Gasteiger charge is -2.21. The number of benzene rings is 1. The number of ether oxygens (including phenoxy) is 1. The van der Waals surface area contributed by atoms with E-state index in [1.165, 1.54) is 6.07 Å². The van der Waals surface area contributed by atoms with Gasteiger partial charge in [-0.25, -0.2) is 0 Å². The van der Waals surface area contributed by atoms with Crippen LogP contribution in [-0.2, 0) is 11.4 Å². The van der Waals surface area contributed by atoms with Crippen molar-refractivity contribution < 1.29 is 14.6 Å². The zero-order chi connectivity index (χ0) is 14.7. The molecule has 1 aromatic carbocycles. The molecule has 2 rings (SSSR count). The fourth-order valence-corrected chi connectivity index (χ4v) is 2.72. The minimum atomic E-state index is -0.246. The minimum absolute atomic E-state index is 0.0649. The molecule has 1 fully saturated rings. The second kappa shape index (κ2) is 6.66. The number of nitrogens with zero attached hydrogens (tertiary/aromatic N) is 1. The van der Waals surface area contributed by atoms with E-state index in [2.05, 4.69) is 0 Å². The Morgan fingerprint density at radius 1 is 1.45 bits per heavy atom. The van der Waals surface area contributed by atoms with Gasteiger partial charge < -0.3 is 14.7 Å². The molecule has 0 aliphatic heterocycles. The first-order valence-corrected chi connectivity index (χ1v) is 7.33. The van der Waals surface area contributed by atoms with Gasteiger partial charge >= 0.3 is 0 Å². The van der Waals surface area contributed by atoms with Crippen LogP contribution in [0.15, 0.2) is 12.1 Å². The summed E-state index contributed by atoms with van der Waals surface area (Å²) >= 11 is 11.9. The summed E-state index contributed by atoms with van der Waals surface area (Å²) in [6, 6.07) is 3.46. The van der Waals surface area contributed by atoms with Crippen LogP contribution in [0.2, 0.25) is 10.0 Å². The minimum Gasteiger partial charge on any atom is -0.482 e. The fourth-order valence-electron chi connectivity index (χ4n) is 2.13. The lowest BCUT2D eigenvalue weighted by molar-refractivity contribution is -0.133. The van der Waals surface area contributed by atoms with Crippen LogP contribution >= 0.6 is 23.2 Å². The molecule has 1 aliphatic carbocycles. The van der Waals surface area contributed by atoms with E-state index in [9.17, 15) is 9.90 Å². The molecule has 0 heterocycles. The Morgan fingerprint density at radius 3 is 2.70 bits per heavy atom. The average Bonchev–Trinajstić information content (AvgIpc) is 3.22. The van der Waals surface area contributed by atoms with Gasteiger partial charge in [-0.15, -0.1) is 0 Å². The summed E-state index contributed by atoms with van der Waals surface area (Å²) in [6.07, 6.45) is 2.12. The maximum absolute atomic E-state index is 12.1. The highest BCUT2D eigenvalue weighted by Crippen LogP contribution is 2.33. The largest absolute Gasteiger partial charge is 0.482 e. The monoisotopic (exact) mass is 317 g/mol. The third kappa shape index (κ3) is 3.57. The van der Waals surface area contributed by atoms with E-state index in [1.54, 1.807) is 6.07 Å². The van der Waals surface area contributed by atoms with E-state index in [1.807, 2.05) is 11.8 Å². The van der Waals surface area contributed by atoms with Crippen LogP contribution < -0.4 is 4.74 Å². The molecule has 0 spiro atoms. The number of rotatable bonds is 6. The van der Waals surface area contributed by atoms with Gasteiger partial charge in [-0.3, -0.25) is 4.79 Å². The molecular weight excluding hydrogens is 301 g/mol. The topological polar surface area (TPSA) is 49.8 Å². The normalized spacial score (nSPS) is 14.2. The quantitative estimate of drug-likeness (QED) is 0.877. The predicted molar refractivity (Wildman–Crippen MR) is 78.3 cm³/mol. The number of aliphatic hydroxyl groups excluding tert-OH is 1. The van der Waals surface area contributed by atoms with Crippen LogP contribution in [0.3, 0.4) is 0 Å². The SMILES string of the molecule is CCN(C(=O)COc1c(Cl)cc(Cl)cc1CO)C1CC1. The third-order valence-corrected chi connectivity index (χ3v) is 3.74. The molecule has 1 saturated carbocycles. The number of amides is 1. The summed E-state index contributed by atoms with van der Waals surface area (Å²) in [4.78, 5) is 13.9. The molecule has 0 radical (unpaired) electrons. The van der Waals surface area contributed by atoms with Crippen molar-refractivity contribution in [3.8, 4) is 5.75 Å². The molecule has 0 atom stereocenters. The standard InChI is InChI=1S/C14H17Cl2NO3/c1-2-17(11-3-4-11)13(19)8-20-14-9(7-18)5-10(15)6-12(14)16/h5-6,11,18H,2-4,7-8H2,1H3. The van der Waals surface area contributed by atoms with Crippen molar-refractivity contribution in [2.45, 2.75) is 32.4 Å². The molecule has 6 heteroatoms. The molecule has 110 valence electrons. The van der Waals surface area contributed by atoms with Crippen molar-refractivity contribution in [1.29, 1.82) is 0 Å². The summed E-state index contributed by atoms with van der Waals surface area (Å²) in [7, 11) is 0. The first-order valence-electron chi connectivity index (χ1n) is 6.57. The highest BCUT2D eigenvalue weighted by molar-refractivity contribution is 6.35. The summed E-state index contributed by atoms with van der Waals surface area (Å²) in [5, 5.41) is 10.0. The van der Waals surface area contributed by atoms with E-state index < -0.39 is 0 Å². The van der Waals surface area contributed by atoms with Crippen molar-refractivity contribution in [3.05, 3.63) is 27.7 Å². The van der Waals surface area contributed by atoms with Gasteiger partial charge in [0.25, 0.3) is 5.91 Å².